The van der Waals surface area contributed by atoms with E-state index >= 15 is 0 Å². The lowest BCUT2D eigenvalue weighted by Crippen LogP contribution is -2.40. The maximum Gasteiger partial charge on any atom is 0.259 e. The zero-order valence-corrected chi connectivity index (χ0v) is 22.3. The smallest absolute Gasteiger partial charge is 0.259 e. The first-order valence-electron chi connectivity index (χ1n) is 12.8. The van der Waals surface area contributed by atoms with E-state index in [1.54, 1.807) is 17.2 Å². The highest BCUT2D eigenvalue weighted by Gasteiger charge is 2.45. The third kappa shape index (κ3) is 4.87. The molecule has 7 nitrogen and oxygen atoms in total. The van der Waals surface area contributed by atoms with Crippen molar-refractivity contribution in [2.45, 2.75) is 51.4 Å². The number of fused-ring (bicyclic) bond motifs is 1. The van der Waals surface area contributed by atoms with Gasteiger partial charge in [-0.1, -0.05) is 6.07 Å². The molecule has 1 aromatic carbocycles. The van der Waals surface area contributed by atoms with Crippen LogP contribution in [0.3, 0.4) is 0 Å². The van der Waals surface area contributed by atoms with Crippen molar-refractivity contribution in [2.24, 2.45) is 5.41 Å². The molecule has 4 heterocycles. The van der Waals surface area contributed by atoms with Gasteiger partial charge < -0.3 is 15.1 Å². The van der Waals surface area contributed by atoms with Gasteiger partial charge in [-0.05, 0) is 66.1 Å². The molecule has 1 N–H and O–H groups in total. The molecule has 1 aliphatic carbocycles. The van der Waals surface area contributed by atoms with Crippen LogP contribution in [0, 0.1) is 12.3 Å². The van der Waals surface area contributed by atoms with Gasteiger partial charge in [-0.3, -0.25) is 9.78 Å². The lowest BCUT2D eigenvalue weighted by molar-refractivity contribution is -0.0222. The number of piperidine rings is 2. The fourth-order valence-corrected chi connectivity index (χ4v) is 6.09. The SMILES string of the molecule is Cc1cc(NC(=O)c2c(N3CCC4(CC3)CC4)cc(Br)c3ncccc23)nc(N2CCC(F)(F)CC2)n1. The Kier molecular flexibility index (Phi) is 6.05. The van der Waals surface area contributed by atoms with Crippen LogP contribution in [0.15, 0.2) is 34.9 Å². The van der Waals surface area contributed by atoms with Gasteiger partial charge in [0.15, 0.2) is 0 Å². The highest BCUT2D eigenvalue weighted by molar-refractivity contribution is 9.10. The predicted octanol–water partition coefficient (Wildman–Crippen LogP) is 5.96. The van der Waals surface area contributed by atoms with Gasteiger partial charge in [0.2, 0.25) is 5.95 Å². The number of hydrogen-bond donors (Lipinski definition) is 1. The lowest BCUT2D eigenvalue weighted by Gasteiger charge is -2.35. The highest BCUT2D eigenvalue weighted by Crippen LogP contribution is 2.54. The minimum absolute atomic E-state index is 0.174. The van der Waals surface area contributed by atoms with E-state index in [1.807, 2.05) is 25.1 Å². The summed E-state index contributed by atoms with van der Waals surface area (Å²) in [5, 5.41) is 3.74. The Morgan fingerprint density at radius 3 is 2.41 bits per heavy atom. The number of carbonyl (C=O) groups excluding carboxylic acids is 1. The second-order valence-electron chi connectivity index (χ2n) is 10.6. The second-order valence-corrected chi connectivity index (χ2v) is 11.5. The van der Waals surface area contributed by atoms with Crippen LogP contribution in [0.2, 0.25) is 0 Å². The predicted molar refractivity (Wildman–Crippen MR) is 144 cm³/mol. The maximum atomic E-state index is 13.9. The largest absolute Gasteiger partial charge is 0.371 e. The maximum absolute atomic E-state index is 13.9. The third-order valence-corrected chi connectivity index (χ3v) is 8.64. The molecule has 0 radical (unpaired) electrons. The summed E-state index contributed by atoms with van der Waals surface area (Å²) >= 11 is 3.67. The number of aryl methyl sites for hydroxylation is 1. The lowest BCUT2D eigenvalue weighted by atomic mass is 9.92. The first kappa shape index (κ1) is 24.5. The van der Waals surface area contributed by atoms with E-state index in [4.69, 9.17) is 0 Å². The van der Waals surface area contributed by atoms with Crippen molar-refractivity contribution in [3.8, 4) is 0 Å². The second kappa shape index (κ2) is 9.15. The number of alkyl halides is 2. The molecule has 37 heavy (non-hydrogen) atoms. The Morgan fingerprint density at radius 2 is 1.70 bits per heavy atom. The number of carbonyl (C=O) groups is 1. The van der Waals surface area contributed by atoms with Crippen LogP contribution in [0.5, 0.6) is 0 Å². The Balaban J connectivity index is 1.33. The Labute approximate surface area is 222 Å². The Hall–Kier alpha value is -2.88. The quantitative estimate of drug-likeness (QED) is 0.417. The monoisotopic (exact) mass is 570 g/mol. The number of amides is 1. The standard InChI is InChI=1S/C27H29BrF2N6O/c1-17-15-21(34-25(32-17)36-13-8-27(29,30)9-14-36)33-24(37)22-18-3-2-10-31-23(18)19(28)16-20(22)35-11-6-26(4-5-26)7-12-35/h2-3,10,15-16H,4-9,11-14H2,1H3,(H,32,33,34,37). The highest BCUT2D eigenvalue weighted by atomic mass is 79.9. The average Bonchev–Trinajstić information content (AvgIpc) is 3.62. The van der Waals surface area contributed by atoms with Crippen LogP contribution < -0.4 is 15.1 Å². The molecule has 0 atom stereocenters. The molecular formula is C27H29BrF2N6O. The summed E-state index contributed by atoms with van der Waals surface area (Å²) in [6.07, 6.45) is 6.15. The molecule has 2 saturated heterocycles. The van der Waals surface area contributed by atoms with E-state index in [0.717, 1.165) is 47.0 Å². The summed E-state index contributed by atoms with van der Waals surface area (Å²) in [7, 11) is 0. The molecule has 10 heteroatoms. The molecule has 194 valence electrons. The van der Waals surface area contributed by atoms with E-state index in [2.05, 4.69) is 41.1 Å². The fraction of sp³-hybridized carbons (Fsp3) is 0.481. The Morgan fingerprint density at radius 1 is 1.00 bits per heavy atom. The normalized spacial score (nSPS) is 20.3. The number of nitrogens with one attached hydrogen (secondary N) is 1. The van der Waals surface area contributed by atoms with E-state index in [1.165, 1.54) is 12.8 Å². The molecular weight excluding hydrogens is 542 g/mol. The number of benzene rings is 1. The molecule has 0 unspecified atom stereocenters. The molecule has 2 aromatic heterocycles. The molecule has 1 saturated carbocycles. The summed E-state index contributed by atoms with van der Waals surface area (Å²) in [6.45, 7) is 3.98. The van der Waals surface area contributed by atoms with Crippen molar-refractivity contribution < 1.29 is 13.6 Å². The van der Waals surface area contributed by atoms with Crippen LogP contribution in [0.4, 0.5) is 26.2 Å². The zero-order chi connectivity index (χ0) is 25.8. The minimum Gasteiger partial charge on any atom is -0.371 e. The molecule has 1 amide bonds. The van der Waals surface area contributed by atoms with Crippen molar-refractivity contribution in [3.05, 3.63) is 46.2 Å². The number of halogens is 3. The number of pyridine rings is 1. The van der Waals surface area contributed by atoms with Crippen molar-refractivity contribution in [1.82, 2.24) is 15.0 Å². The molecule has 6 rings (SSSR count). The van der Waals surface area contributed by atoms with Gasteiger partial charge >= 0.3 is 0 Å². The molecule has 1 spiro atoms. The number of aromatic nitrogens is 3. The van der Waals surface area contributed by atoms with Crippen molar-refractivity contribution in [1.29, 1.82) is 0 Å². The average molecular weight is 571 g/mol. The van der Waals surface area contributed by atoms with Crippen molar-refractivity contribution in [2.75, 3.05) is 41.3 Å². The zero-order valence-electron chi connectivity index (χ0n) is 20.7. The van der Waals surface area contributed by atoms with E-state index in [0.29, 0.717) is 28.4 Å². The van der Waals surface area contributed by atoms with Crippen molar-refractivity contribution >= 4 is 50.2 Å². The van der Waals surface area contributed by atoms with Crippen LogP contribution in [-0.4, -0.2) is 53.0 Å². The molecule has 0 bridgehead atoms. The van der Waals surface area contributed by atoms with E-state index in [9.17, 15) is 13.6 Å². The third-order valence-electron chi connectivity index (χ3n) is 8.03. The number of rotatable bonds is 4. The summed E-state index contributed by atoms with van der Waals surface area (Å²) in [5.74, 6) is -2.22. The summed E-state index contributed by atoms with van der Waals surface area (Å²) in [5.41, 5.74) is 3.34. The molecule has 3 aliphatic rings. The van der Waals surface area contributed by atoms with Gasteiger partial charge in [0.05, 0.1) is 16.8 Å². The number of hydrogen-bond acceptors (Lipinski definition) is 6. The molecule has 3 fully saturated rings. The van der Waals surface area contributed by atoms with E-state index < -0.39 is 5.92 Å². The summed E-state index contributed by atoms with van der Waals surface area (Å²) < 4.78 is 28.2. The van der Waals surface area contributed by atoms with Crippen LogP contribution in [-0.2, 0) is 0 Å². The van der Waals surface area contributed by atoms with Crippen LogP contribution in [0.1, 0.15) is 54.6 Å². The number of nitrogens with zero attached hydrogens (tertiary/aromatic N) is 5. The first-order chi connectivity index (χ1) is 17.7. The van der Waals surface area contributed by atoms with E-state index in [-0.39, 0.29) is 31.8 Å². The minimum atomic E-state index is -2.65. The molecule has 3 aromatic rings. The van der Waals surface area contributed by atoms with Crippen LogP contribution in [0.25, 0.3) is 10.9 Å². The first-order valence-corrected chi connectivity index (χ1v) is 13.6. The number of anilines is 3. The summed E-state index contributed by atoms with van der Waals surface area (Å²) in [6, 6.07) is 7.46. The van der Waals surface area contributed by atoms with Gasteiger partial charge in [0.1, 0.15) is 5.82 Å². The van der Waals surface area contributed by atoms with Gasteiger partial charge in [0, 0.05) is 66.8 Å². The van der Waals surface area contributed by atoms with Crippen molar-refractivity contribution in [3.63, 3.8) is 0 Å². The fourth-order valence-electron chi connectivity index (χ4n) is 5.55. The van der Waals surface area contributed by atoms with Gasteiger partial charge in [-0.2, -0.15) is 4.98 Å². The molecule has 2 aliphatic heterocycles. The van der Waals surface area contributed by atoms with Gasteiger partial charge in [-0.15, -0.1) is 0 Å². The van der Waals surface area contributed by atoms with Gasteiger partial charge in [-0.25, -0.2) is 13.8 Å². The Bertz CT molecular complexity index is 1360. The van der Waals surface area contributed by atoms with Crippen LogP contribution >= 0.6 is 15.9 Å². The van der Waals surface area contributed by atoms with Gasteiger partial charge in [0.25, 0.3) is 11.8 Å². The topological polar surface area (TPSA) is 74.2 Å². The summed E-state index contributed by atoms with van der Waals surface area (Å²) in [4.78, 5) is 31.4.